The smallest absolute Gasteiger partial charge is 0.168 e. The highest BCUT2D eigenvalue weighted by molar-refractivity contribution is 6.23. The monoisotopic (exact) mass is 641 g/mol. The molecule has 0 bridgehead atoms. The van der Waals surface area contributed by atoms with E-state index in [0.29, 0.717) is 36.8 Å². The summed E-state index contributed by atoms with van der Waals surface area (Å²) in [7, 11) is 0. The molecule has 0 heterocycles. The number of hydrogen-bond donors (Lipinski definition) is 2. The van der Waals surface area contributed by atoms with Crippen molar-refractivity contribution in [1.82, 2.24) is 10.6 Å². The SMILES string of the molecule is CC(C)CCCCCCCCNC(CCCCCCCCC(NC(C)C)=C1C(=O)CC(C)(C)CC1=O)=C1C(=O)CC(C)(C)CC1=O. The zero-order chi connectivity index (χ0) is 34.3. The van der Waals surface area contributed by atoms with Crippen LogP contribution in [0.15, 0.2) is 22.5 Å². The molecule has 0 spiro atoms. The number of Topliss-reactive ketones (excluding diaryl/α,β-unsaturated/α-hetero) is 4. The van der Waals surface area contributed by atoms with Crippen molar-refractivity contribution < 1.29 is 19.2 Å². The predicted octanol–water partition coefficient (Wildman–Crippen LogP) is 9.51. The summed E-state index contributed by atoms with van der Waals surface area (Å²) >= 11 is 0. The number of carbonyl (C=O) groups excluding carboxylic acids is 4. The van der Waals surface area contributed by atoms with Gasteiger partial charge in [-0.1, -0.05) is 106 Å². The van der Waals surface area contributed by atoms with Crippen LogP contribution in [-0.2, 0) is 19.2 Å². The van der Waals surface area contributed by atoms with Gasteiger partial charge < -0.3 is 10.6 Å². The summed E-state index contributed by atoms with van der Waals surface area (Å²) in [5.41, 5.74) is 2.06. The first-order valence-corrected chi connectivity index (χ1v) is 18.7. The lowest BCUT2D eigenvalue weighted by Crippen LogP contribution is -2.35. The van der Waals surface area contributed by atoms with Gasteiger partial charge in [0.15, 0.2) is 23.1 Å². The molecule has 0 aliphatic heterocycles. The van der Waals surface area contributed by atoms with Gasteiger partial charge in [0, 0.05) is 49.7 Å². The molecule has 6 heteroatoms. The lowest BCUT2D eigenvalue weighted by molar-refractivity contribution is -0.129. The van der Waals surface area contributed by atoms with Crippen molar-refractivity contribution >= 4 is 23.1 Å². The van der Waals surface area contributed by atoms with Gasteiger partial charge in [-0.2, -0.15) is 0 Å². The molecule has 46 heavy (non-hydrogen) atoms. The quantitative estimate of drug-likeness (QED) is 0.0738. The van der Waals surface area contributed by atoms with E-state index in [1.807, 2.05) is 41.5 Å². The molecule has 0 saturated heterocycles. The molecule has 2 saturated carbocycles. The van der Waals surface area contributed by atoms with Gasteiger partial charge >= 0.3 is 0 Å². The minimum atomic E-state index is -0.257. The summed E-state index contributed by atoms with van der Waals surface area (Å²) in [6.45, 7) is 17.5. The second-order valence-corrected chi connectivity index (χ2v) is 16.6. The Labute approximate surface area is 281 Å². The number of rotatable bonds is 21. The first-order valence-electron chi connectivity index (χ1n) is 18.7. The molecule has 0 unspecified atom stereocenters. The molecule has 0 aromatic rings. The minimum absolute atomic E-state index is 0.00678. The maximum atomic E-state index is 13.1. The first-order chi connectivity index (χ1) is 21.6. The van der Waals surface area contributed by atoms with Crippen molar-refractivity contribution in [3.63, 3.8) is 0 Å². The zero-order valence-electron chi connectivity index (χ0n) is 30.9. The van der Waals surface area contributed by atoms with Crippen molar-refractivity contribution in [3.8, 4) is 0 Å². The Morgan fingerprint density at radius 3 is 1.35 bits per heavy atom. The van der Waals surface area contributed by atoms with Gasteiger partial charge in [0.1, 0.15) is 0 Å². The third kappa shape index (κ3) is 14.7. The van der Waals surface area contributed by atoms with Crippen LogP contribution < -0.4 is 10.6 Å². The molecule has 262 valence electrons. The fraction of sp³-hybridized carbons (Fsp3) is 0.800. The van der Waals surface area contributed by atoms with E-state index in [9.17, 15) is 19.2 Å². The first kappa shape index (κ1) is 39.9. The van der Waals surface area contributed by atoms with Crippen LogP contribution in [0.2, 0.25) is 0 Å². The highest BCUT2D eigenvalue weighted by Crippen LogP contribution is 2.36. The van der Waals surface area contributed by atoms with Gasteiger partial charge in [-0.3, -0.25) is 19.2 Å². The molecular weight excluding hydrogens is 572 g/mol. The van der Waals surface area contributed by atoms with Crippen LogP contribution >= 0.6 is 0 Å². The summed E-state index contributed by atoms with van der Waals surface area (Å²) in [6.07, 6.45) is 18.1. The van der Waals surface area contributed by atoms with Gasteiger partial charge in [-0.25, -0.2) is 0 Å². The van der Waals surface area contributed by atoms with Crippen LogP contribution in [0.1, 0.15) is 177 Å². The molecular formula is C40H68N2O4. The van der Waals surface area contributed by atoms with E-state index in [-0.39, 0.29) is 40.0 Å². The summed E-state index contributed by atoms with van der Waals surface area (Å²) in [5, 5.41) is 6.96. The Kier molecular flexibility index (Phi) is 17.0. The molecule has 0 radical (unpaired) electrons. The summed E-state index contributed by atoms with van der Waals surface area (Å²) in [5.74, 6) is 0.770. The highest BCUT2D eigenvalue weighted by Gasteiger charge is 2.38. The molecule has 2 aliphatic carbocycles. The van der Waals surface area contributed by atoms with E-state index >= 15 is 0 Å². The van der Waals surface area contributed by atoms with Crippen molar-refractivity contribution in [2.45, 2.75) is 183 Å². The van der Waals surface area contributed by atoms with Crippen LogP contribution in [-0.4, -0.2) is 35.7 Å². The zero-order valence-corrected chi connectivity index (χ0v) is 30.9. The molecule has 2 N–H and O–H groups in total. The fourth-order valence-corrected chi connectivity index (χ4v) is 7.06. The normalized spacial score (nSPS) is 18.1. The van der Waals surface area contributed by atoms with Gasteiger partial charge in [-0.15, -0.1) is 0 Å². The number of nitrogens with one attached hydrogen (secondary N) is 2. The second-order valence-electron chi connectivity index (χ2n) is 16.6. The molecule has 0 aromatic carbocycles. The average molecular weight is 641 g/mol. The van der Waals surface area contributed by atoms with E-state index in [2.05, 4.69) is 24.5 Å². The van der Waals surface area contributed by atoms with Crippen LogP contribution in [0.5, 0.6) is 0 Å². The fourth-order valence-electron chi connectivity index (χ4n) is 7.06. The minimum Gasteiger partial charge on any atom is -0.388 e. The number of allylic oxidation sites excluding steroid dienone is 4. The van der Waals surface area contributed by atoms with E-state index in [0.717, 1.165) is 81.6 Å². The molecule has 2 fully saturated rings. The van der Waals surface area contributed by atoms with Crippen LogP contribution in [0.25, 0.3) is 0 Å². The maximum Gasteiger partial charge on any atom is 0.168 e. The Balaban J connectivity index is 1.83. The maximum absolute atomic E-state index is 13.1. The molecule has 2 aliphatic rings. The number of hydrogen-bond acceptors (Lipinski definition) is 6. The van der Waals surface area contributed by atoms with Crippen LogP contribution in [0.3, 0.4) is 0 Å². The molecule has 0 aromatic heterocycles. The summed E-state index contributed by atoms with van der Waals surface area (Å²) < 4.78 is 0. The summed E-state index contributed by atoms with van der Waals surface area (Å²) in [6, 6.07) is 0.170. The third-order valence-electron chi connectivity index (χ3n) is 9.39. The Hall–Kier alpha value is -2.24. The second kappa shape index (κ2) is 19.5. The van der Waals surface area contributed by atoms with E-state index in [1.165, 1.54) is 38.5 Å². The topological polar surface area (TPSA) is 92.3 Å². The highest BCUT2D eigenvalue weighted by atomic mass is 16.2. The number of unbranched alkanes of at least 4 members (excludes halogenated alkanes) is 10. The van der Waals surface area contributed by atoms with Crippen LogP contribution in [0, 0.1) is 16.7 Å². The van der Waals surface area contributed by atoms with Crippen molar-refractivity contribution in [2.24, 2.45) is 16.7 Å². The molecule has 0 atom stereocenters. The van der Waals surface area contributed by atoms with Crippen LogP contribution in [0.4, 0.5) is 0 Å². The predicted molar refractivity (Wildman–Crippen MR) is 190 cm³/mol. The molecule has 6 nitrogen and oxygen atoms in total. The Bertz CT molecular complexity index is 1050. The van der Waals surface area contributed by atoms with E-state index < -0.39 is 0 Å². The number of carbonyl (C=O) groups is 4. The van der Waals surface area contributed by atoms with Gasteiger partial charge in [-0.05, 0) is 62.7 Å². The van der Waals surface area contributed by atoms with Gasteiger partial charge in [0.25, 0.3) is 0 Å². The lowest BCUT2D eigenvalue weighted by atomic mass is 9.73. The Morgan fingerprint density at radius 1 is 0.543 bits per heavy atom. The van der Waals surface area contributed by atoms with E-state index in [4.69, 9.17) is 0 Å². The van der Waals surface area contributed by atoms with Crippen molar-refractivity contribution in [3.05, 3.63) is 22.5 Å². The largest absolute Gasteiger partial charge is 0.388 e. The van der Waals surface area contributed by atoms with Gasteiger partial charge in [0.05, 0.1) is 11.1 Å². The summed E-state index contributed by atoms with van der Waals surface area (Å²) in [4.78, 5) is 52.0. The van der Waals surface area contributed by atoms with Crippen molar-refractivity contribution in [2.75, 3.05) is 6.54 Å². The molecule has 2 rings (SSSR count). The number of ketones is 4. The molecule has 0 amide bonds. The standard InChI is InChI=1S/C40H68N2O4/c1-29(2)21-17-13-11-12-16-20-24-41-31(37-33(43)25-39(5,6)26-34(37)44)22-18-14-9-10-15-19-23-32(42-30(3)4)38-35(45)27-40(7,8)28-36(38)46/h29-30,41-42H,9-28H2,1-8H3. The Morgan fingerprint density at radius 2 is 0.913 bits per heavy atom. The lowest BCUT2D eigenvalue weighted by Gasteiger charge is -2.30. The average Bonchev–Trinajstić information content (AvgIpc) is 2.90. The van der Waals surface area contributed by atoms with E-state index in [1.54, 1.807) is 0 Å². The third-order valence-corrected chi connectivity index (χ3v) is 9.39. The van der Waals surface area contributed by atoms with Gasteiger partial charge in [0.2, 0.25) is 0 Å². The van der Waals surface area contributed by atoms with Crippen molar-refractivity contribution in [1.29, 1.82) is 0 Å².